The maximum Gasteiger partial charge on any atom is 0.240 e. The van der Waals surface area contributed by atoms with Crippen LogP contribution < -0.4 is 14.2 Å². The van der Waals surface area contributed by atoms with E-state index in [0.717, 1.165) is 5.56 Å². The smallest absolute Gasteiger partial charge is 0.240 e. The molecule has 0 aliphatic rings. The Hall–Kier alpha value is -2.88. The third-order valence-corrected chi connectivity index (χ3v) is 8.42. The molecule has 0 fully saturated rings. The second-order valence-electron chi connectivity index (χ2n) is 7.31. The van der Waals surface area contributed by atoms with Crippen molar-refractivity contribution in [3.05, 3.63) is 77.9 Å². The second-order valence-corrected chi connectivity index (χ2v) is 11.0. The van der Waals surface area contributed by atoms with Crippen LogP contribution in [0.3, 0.4) is 0 Å². The zero-order valence-corrected chi connectivity index (χ0v) is 20.4. The molecule has 9 heteroatoms. The lowest BCUT2D eigenvalue weighted by Crippen LogP contribution is -2.27. The molecule has 0 saturated heterocycles. The Morgan fingerprint density at radius 1 is 0.848 bits per heavy atom. The molecule has 0 unspecified atom stereocenters. The van der Waals surface area contributed by atoms with E-state index in [1.807, 2.05) is 19.1 Å². The Kier molecular flexibility index (Phi) is 7.78. The predicted molar refractivity (Wildman–Crippen MR) is 126 cm³/mol. The molecule has 0 spiro atoms. The van der Waals surface area contributed by atoms with Crippen LogP contribution in [0.25, 0.3) is 0 Å². The zero-order valence-electron chi connectivity index (χ0n) is 18.7. The number of rotatable bonds is 10. The molecule has 0 atom stereocenters. The average Bonchev–Trinajstić information content (AvgIpc) is 2.80. The fourth-order valence-corrected chi connectivity index (χ4v) is 6.01. The SMILES string of the molecule is CCOc1cc(CCNS(=O)(=O)c2cc(S(=O)(=O)c3ccccc3)ccc2C)ccc1OC. The fourth-order valence-electron chi connectivity index (χ4n) is 3.33. The van der Waals surface area contributed by atoms with E-state index in [9.17, 15) is 16.8 Å². The summed E-state index contributed by atoms with van der Waals surface area (Å²) in [6, 6.07) is 17.5. The monoisotopic (exact) mass is 489 g/mol. The van der Waals surface area contributed by atoms with Crippen LogP contribution in [0.1, 0.15) is 18.1 Å². The molecule has 3 aromatic rings. The van der Waals surface area contributed by atoms with Crippen molar-refractivity contribution >= 4 is 19.9 Å². The third-order valence-electron chi connectivity index (χ3n) is 5.05. The van der Waals surface area contributed by atoms with Crippen LogP contribution in [-0.2, 0) is 26.3 Å². The summed E-state index contributed by atoms with van der Waals surface area (Å²) in [7, 11) is -6.21. The minimum atomic E-state index is -3.93. The minimum Gasteiger partial charge on any atom is -0.493 e. The van der Waals surface area contributed by atoms with Crippen molar-refractivity contribution in [2.45, 2.75) is 35.0 Å². The van der Waals surface area contributed by atoms with E-state index < -0.39 is 19.9 Å². The molecule has 3 rings (SSSR count). The summed E-state index contributed by atoms with van der Waals surface area (Å²) in [5, 5.41) is 0. The van der Waals surface area contributed by atoms with Gasteiger partial charge in [-0.05, 0) is 67.8 Å². The van der Waals surface area contributed by atoms with E-state index in [1.54, 1.807) is 38.3 Å². The van der Waals surface area contributed by atoms with Gasteiger partial charge in [-0.2, -0.15) is 0 Å². The van der Waals surface area contributed by atoms with Gasteiger partial charge in [-0.15, -0.1) is 0 Å². The van der Waals surface area contributed by atoms with E-state index in [1.165, 1.54) is 30.3 Å². The first-order valence-corrected chi connectivity index (χ1v) is 13.4. The predicted octanol–water partition coefficient (Wildman–Crippen LogP) is 3.76. The highest BCUT2D eigenvalue weighted by Crippen LogP contribution is 2.28. The lowest BCUT2D eigenvalue weighted by atomic mass is 10.1. The first-order valence-electron chi connectivity index (χ1n) is 10.4. The van der Waals surface area contributed by atoms with E-state index in [4.69, 9.17) is 9.47 Å². The van der Waals surface area contributed by atoms with Crippen molar-refractivity contribution in [1.29, 1.82) is 0 Å². The highest BCUT2D eigenvalue weighted by atomic mass is 32.2. The van der Waals surface area contributed by atoms with Crippen LogP contribution in [0.15, 0.2) is 81.4 Å². The maximum atomic E-state index is 13.0. The van der Waals surface area contributed by atoms with Crippen LogP contribution in [0.5, 0.6) is 11.5 Å². The van der Waals surface area contributed by atoms with Crippen molar-refractivity contribution in [1.82, 2.24) is 4.72 Å². The molecule has 0 aromatic heterocycles. The van der Waals surface area contributed by atoms with Gasteiger partial charge in [0.15, 0.2) is 11.5 Å². The van der Waals surface area contributed by atoms with Crippen molar-refractivity contribution < 1.29 is 26.3 Å². The van der Waals surface area contributed by atoms with Crippen LogP contribution >= 0.6 is 0 Å². The lowest BCUT2D eigenvalue weighted by Gasteiger charge is -2.13. The van der Waals surface area contributed by atoms with Gasteiger partial charge in [0.2, 0.25) is 19.9 Å². The van der Waals surface area contributed by atoms with Gasteiger partial charge in [0, 0.05) is 6.54 Å². The van der Waals surface area contributed by atoms with Crippen LogP contribution in [0.4, 0.5) is 0 Å². The average molecular weight is 490 g/mol. The number of benzene rings is 3. The summed E-state index contributed by atoms with van der Waals surface area (Å²) in [6.45, 7) is 4.11. The van der Waals surface area contributed by atoms with Gasteiger partial charge < -0.3 is 9.47 Å². The van der Waals surface area contributed by atoms with Crippen LogP contribution in [-0.4, -0.2) is 37.1 Å². The molecule has 3 aromatic carbocycles. The molecular formula is C24H27NO6S2. The van der Waals surface area contributed by atoms with Crippen molar-refractivity contribution in [3.8, 4) is 11.5 Å². The number of sulfonamides is 1. The standard InChI is InChI=1S/C24H27NO6S2/c1-4-31-23-16-19(11-13-22(23)30-3)14-15-25-33(28,29)24-17-21(12-10-18(24)2)32(26,27)20-8-6-5-7-9-20/h5-13,16-17,25H,4,14-15H2,1-3H3. The van der Waals surface area contributed by atoms with Gasteiger partial charge >= 0.3 is 0 Å². The van der Waals surface area contributed by atoms with Gasteiger partial charge in [0.1, 0.15) is 0 Å². The van der Waals surface area contributed by atoms with Crippen molar-refractivity contribution in [2.24, 2.45) is 0 Å². The topological polar surface area (TPSA) is 98.8 Å². The summed E-state index contributed by atoms with van der Waals surface area (Å²) in [5.41, 5.74) is 1.33. The van der Waals surface area contributed by atoms with Crippen LogP contribution in [0, 0.1) is 6.92 Å². The Bertz CT molecular complexity index is 1320. The molecule has 0 radical (unpaired) electrons. The van der Waals surface area contributed by atoms with E-state index >= 15 is 0 Å². The fraction of sp³-hybridized carbons (Fsp3) is 0.250. The first kappa shape index (κ1) is 24.8. The van der Waals surface area contributed by atoms with E-state index in [0.29, 0.717) is 30.1 Å². The summed E-state index contributed by atoms with van der Waals surface area (Å²) in [6.07, 6.45) is 0.421. The quantitative estimate of drug-likeness (QED) is 0.466. The summed E-state index contributed by atoms with van der Waals surface area (Å²) in [4.78, 5) is -0.0322. The molecule has 1 N–H and O–H groups in total. The van der Waals surface area contributed by atoms with E-state index in [-0.39, 0.29) is 21.2 Å². The second kappa shape index (κ2) is 10.4. The first-order chi connectivity index (χ1) is 15.7. The molecule has 176 valence electrons. The van der Waals surface area contributed by atoms with Gasteiger partial charge in [-0.25, -0.2) is 21.6 Å². The number of nitrogens with one attached hydrogen (secondary N) is 1. The molecule has 7 nitrogen and oxygen atoms in total. The van der Waals surface area contributed by atoms with Gasteiger partial charge in [-0.3, -0.25) is 0 Å². The Morgan fingerprint density at radius 3 is 2.24 bits per heavy atom. The Labute approximate surface area is 195 Å². The van der Waals surface area contributed by atoms with Gasteiger partial charge in [-0.1, -0.05) is 30.3 Å². The number of hydrogen-bond donors (Lipinski definition) is 1. The number of aryl methyl sites for hydroxylation is 1. The molecule has 0 bridgehead atoms. The number of hydrogen-bond acceptors (Lipinski definition) is 6. The van der Waals surface area contributed by atoms with Crippen LogP contribution in [0.2, 0.25) is 0 Å². The lowest BCUT2D eigenvalue weighted by molar-refractivity contribution is 0.310. The minimum absolute atomic E-state index is 0.0655. The molecule has 0 saturated carbocycles. The maximum absolute atomic E-state index is 13.0. The number of sulfone groups is 1. The van der Waals surface area contributed by atoms with Gasteiger partial charge in [0.25, 0.3) is 0 Å². The zero-order chi connectivity index (χ0) is 24.1. The molecule has 0 amide bonds. The third kappa shape index (κ3) is 5.73. The van der Waals surface area contributed by atoms with E-state index in [2.05, 4.69) is 4.72 Å². The number of ether oxygens (including phenoxy) is 2. The molecule has 0 aliphatic heterocycles. The summed E-state index contributed by atoms with van der Waals surface area (Å²) in [5.74, 6) is 1.20. The Morgan fingerprint density at radius 2 is 1.58 bits per heavy atom. The Balaban J connectivity index is 1.79. The molecular weight excluding hydrogens is 462 g/mol. The van der Waals surface area contributed by atoms with Gasteiger partial charge in [0.05, 0.1) is 28.4 Å². The summed E-state index contributed by atoms with van der Waals surface area (Å²) >= 11 is 0. The molecule has 0 heterocycles. The largest absolute Gasteiger partial charge is 0.493 e. The highest BCUT2D eigenvalue weighted by Gasteiger charge is 2.23. The summed E-state index contributed by atoms with van der Waals surface area (Å²) < 4.78 is 65.2. The molecule has 0 aliphatic carbocycles. The van der Waals surface area contributed by atoms with Crippen molar-refractivity contribution in [2.75, 3.05) is 20.3 Å². The molecule has 33 heavy (non-hydrogen) atoms. The van der Waals surface area contributed by atoms with Crippen molar-refractivity contribution in [3.63, 3.8) is 0 Å². The highest BCUT2D eigenvalue weighted by molar-refractivity contribution is 7.91. The number of methoxy groups -OCH3 is 1. The normalized spacial score (nSPS) is 11.8.